The zero-order valence-corrected chi connectivity index (χ0v) is 19.1. The van der Waals surface area contributed by atoms with Crippen molar-refractivity contribution in [2.24, 2.45) is 11.5 Å². The molecule has 5 unspecified atom stereocenters. The first-order valence-electron chi connectivity index (χ1n) is 9.86. The smallest absolute Gasteiger partial charge is 0.326 e. The predicted octanol–water partition coefficient (Wildman–Crippen LogP) is -3.27. The summed E-state index contributed by atoms with van der Waals surface area (Å²) in [6.07, 6.45) is -0.887. The van der Waals surface area contributed by atoms with E-state index in [-0.39, 0.29) is 19.3 Å². The molecule has 0 aliphatic carbocycles. The Morgan fingerprint density at radius 2 is 1.48 bits per heavy atom. The highest BCUT2D eigenvalue weighted by atomic mass is 32.2. The second kappa shape index (κ2) is 15.0. The fourth-order valence-electron chi connectivity index (χ4n) is 2.53. The van der Waals surface area contributed by atoms with Gasteiger partial charge in [-0.05, 0) is 31.8 Å². The molecule has 15 heteroatoms. The molecule has 0 aromatic heterocycles. The lowest BCUT2D eigenvalue weighted by Crippen LogP contribution is -2.60. The molecular formula is C18H31N5O9S. The number of carbonyl (C=O) groups excluding carboxylic acids is 4. The van der Waals surface area contributed by atoms with Gasteiger partial charge in [-0.2, -0.15) is 11.8 Å². The molecule has 14 nitrogen and oxygen atoms in total. The van der Waals surface area contributed by atoms with Gasteiger partial charge in [-0.25, -0.2) is 4.79 Å². The Kier molecular flexibility index (Phi) is 13.7. The van der Waals surface area contributed by atoms with Crippen molar-refractivity contribution in [1.82, 2.24) is 16.0 Å². The van der Waals surface area contributed by atoms with E-state index in [0.717, 1.165) is 0 Å². The summed E-state index contributed by atoms with van der Waals surface area (Å²) in [4.78, 5) is 70.4. The molecule has 0 aromatic carbocycles. The zero-order chi connectivity index (χ0) is 25.7. The molecule has 0 fully saturated rings. The molecule has 0 bridgehead atoms. The van der Waals surface area contributed by atoms with Gasteiger partial charge in [0.15, 0.2) is 0 Å². The summed E-state index contributed by atoms with van der Waals surface area (Å²) < 4.78 is 0. The summed E-state index contributed by atoms with van der Waals surface area (Å²) >= 11 is 1.36. The van der Waals surface area contributed by atoms with Crippen LogP contribution in [0, 0.1) is 0 Å². The fraction of sp³-hybridized carbons (Fsp3) is 0.667. The molecule has 0 radical (unpaired) electrons. The van der Waals surface area contributed by atoms with E-state index in [2.05, 4.69) is 16.0 Å². The molecule has 188 valence electrons. The van der Waals surface area contributed by atoms with Crippen molar-refractivity contribution in [3.63, 3.8) is 0 Å². The molecule has 0 aliphatic heterocycles. The van der Waals surface area contributed by atoms with Crippen LogP contribution in [0.15, 0.2) is 0 Å². The van der Waals surface area contributed by atoms with Gasteiger partial charge in [0.1, 0.15) is 18.1 Å². The van der Waals surface area contributed by atoms with E-state index in [9.17, 15) is 39.0 Å². The normalized spacial score (nSPS) is 15.3. The summed E-state index contributed by atoms with van der Waals surface area (Å²) in [5.74, 6) is -5.92. The number of nitrogens with two attached hydrogens (primary N) is 2. The second-order valence-electron chi connectivity index (χ2n) is 7.18. The van der Waals surface area contributed by atoms with Crippen LogP contribution >= 0.6 is 11.8 Å². The molecular weight excluding hydrogens is 462 g/mol. The Labute approximate surface area is 194 Å². The number of hydrogen-bond acceptors (Lipinski definition) is 9. The Balaban J connectivity index is 5.39. The number of nitrogens with one attached hydrogen (secondary N) is 3. The minimum Gasteiger partial charge on any atom is -0.481 e. The van der Waals surface area contributed by atoms with E-state index in [4.69, 9.17) is 16.6 Å². The quantitative estimate of drug-likeness (QED) is 0.106. The molecule has 5 atom stereocenters. The summed E-state index contributed by atoms with van der Waals surface area (Å²) in [7, 11) is 0. The monoisotopic (exact) mass is 493 g/mol. The summed E-state index contributed by atoms with van der Waals surface area (Å²) in [5.41, 5.74) is 10.5. The van der Waals surface area contributed by atoms with Crippen molar-refractivity contribution >= 4 is 47.3 Å². The molecule has 0 heterocycles. The largest absolute Gasteiger partial charge is 0.481 e. The van der Waals surface area contributed by atoms with Crippen LogP contribution in [-0.2, 0) is 28.8 Å². The maximum absolute atomic E-state index is 12.7. The number of aliphatic carboxylic acids is 2. The average Bonchev–Trinajstić information content (AvgIpc) is 2.70. The summed E-state index contributed by atoms with van der Waals surface area (Å²) in [6, 6.07) is -5.70. The first kappa shape index (κ1) is 30.1. The van der Waals surface area contributed by atoms with E-state index in [1.165, 1.54) is 18.7 Å². The standard InChI is InChI=1S/C18H31N5O9S/c1-8(24)14(17(30)22-11(18(31)32)3-4-12(20)25)23-16(29)10(5-6-33-2)21-15(28)9(19)7-13(26)27/h8-11,14,24H,3-7,19H2,1-2H3,(H2,20,25)(H,21,28)(H,22,30)(H,23,29)(H,26,27)(H,31,32). The van der Waals surface area contributed by atoms with Crippen molar-refractivity contribution in [3.05, 3.63) is 0 Å². The summed E-state index contributed by atoms with van der Waals surface area (Å²) in [6.45, 7) is 1.18. The van der Waals surface area contributed by atoms with E-state index in [0.29, 0.717) is 5.75 Å². The Bertz CT molecular complexity index is 734. The van der Waals surface area contributed by atoms with E-state index in [1.54, 1.807) is 6.26 Å². The number of aliphatic hydroxyl groups is 1. The van der Waals surface area contributed by atoms with Crippen LogP contribution in [0.25, 0.3) is 0 Å². The molecule has 4 amide bonds. The molecule has 0 aliphatic rings. The highest BCUT2D eigenvalue weighted by Gasteiger charge is 2.32. The maximum Gasteiger partial charge on any atom is 0.326 e. The van der Waals surface area contributed by atoms with Crippen LogP contribution in [0.5, 0.6) is 0 Å². The molecule has 10 N–H and O–H groups in total. The van der Waals surface area contributed by atoms with Crippen molar-refractivity contribution in [2.45, 2.75) is 62.9 Å². The minimum absolute atomic E-state index is 0.100. The van der Waals surface area contributed by atoms with Gasteiger partial charge in [0.2, 0.25) is 23.6 Å². The van der Waals surface area contributed by atoms with Gasteiger partial charge in [-0.15, -0.1) is 0 Å². The fourth-order valence-corrected chi connectivity index (χ4v) is 3.00. The number of amides is 4. The van der Waals surface area contributed by atoms with Crippen LogP contribution in [0.3, 0.4) is 0 Å². The number of thioether (sulfide) groups is 1. The van der Waals surface area contributed by atoms with Gasteiger partial charge in [0, 0.05) is 6.42 Å². The number of primary amides is 1. The van der Waals surface area contributed by atoms with Gasteiger partial charge in [0.25, 0.3) is 0 Å². The van der Waals surface area contributed by atoms with Crippen LogP contribution in [0.2, 0.25) is 0 Å². The lowest BCUT2D eigenvalue weighted by Gasteiger charge is -2.26. The Hall–Kier alpha value is -2.91. The number of aliphatic hydroxyl groups excluding tert-OH is 1. The third-order valence-corrected chi connectivity index (χ3v) is 4.98. The van der Waals surface area contributed by atoms with Gasteiger partial charge in [0.05, 0.1) is 18.6 Å². The van der Waals surface area contributed by atoms with E-state index >= 15 is 0 Å². The average molecular weight is 494 g/mol. The number of hydrogen-bond donors (Lipinski definition) is 8. The van der Waals surface area contributed by atoms with Crippen LogP contribution in [0.4, 0.5) is 0 Å². The first-order chi connectivity index (χ1) is 15.3. The number of carboxylic acids is 2. The highest BCUT2D eigenvalue weighted by molar-refractivity contribution is 7.98. The van der Waals surface area contributed by atoms with Crippen molar-refractivity contribution in [1.29, 1.82) is 0 Å². The molecule has 0 aromatic rings. The molecule has 0 spiro atoms. The van der Waals surface area contributed by atoms with Crippen LogP contribution in [0.1, 0.15) is 32.6 Å². The van der Waals surface area contributed by atoms with E-state index < -0.39 is 72.3 Å². The molecule has 0 saturated heterocycles. The minimum atomic E-state index is -1.59. The van der Waals surface area contributed by atoms with Crippen LogP contribution < -0.4 is 27.4 Å². The lowest BCUT2D eigenvalue weighted by atomic mass is 10.1. The van der Waals surface area contributed by atoms with E-state index in [1.807, 2.05) is 0 Å². The van der Waals surface area contributed by atoms with Gasteiger partial charge < -0.3 is 42.7 Å². The Morgan fingerprint density at radius 3 is 1.94 bits per heavy atom. The van der Waals surface area contributed by atoms with Crippen molar-refractivity contribution in [3.8, 4) is 0 Å². The topological polar surface area (TPSA) is 251 Å². The number of carboxylic acid groups (broad SMARTS) is 2. The highest BCUT2D eigenvalue weighted by Crippen LogP contribution is 2.05. The molecule has 33 heavy (non-hydrogen) atoms. The van der Waals surface area contributed by atoms with Crippen LogP contribution in [-0.4, -0.2) is 93.2 Å². The molecule has 0 saturated carbocycles. The third kappa shape index (κ3) is 12.1. The molecule has 0 rings (SSSR count). The number of carbonyl (C=O) groups is 6. The van der Waals surface area contributed by atoms with Crippen molar-refractivity contribution in [2.75, 3.05) is 12.0 Å². The second-order valence-corrected chi connectivity index (χ2v) is 8.16. The third-order valence-electron chi connectivity index (χ3n) is 4.33. The number of rotatable bonds is 16. The maximum atomic E-state index is 12.7. The zero-order valence-electron chi connectivity index (χ0n) is 18.3. The lowest BCUT2D eigenvalue weighted by molar-refractivity contribution is -0.143. The Morgan fingerprint density at radius 1 is 0.909 bits per heavy atom. The van der Waals surface area contributed by atoms with Gasteiger partial charge in [-0.3, -0.25) is 24.0 Å². The predicted molar refractivity (Wildman–Crippen MR) is 117 cm³/mol. The van der Waals surface area contributed by atoms with Crippen molar-refractivity contribution < 1.29 is 44.1 Å². The summed E-state index contributed by atoms with van der Waals surface area (Å²) in [5, 5.41) is 34.6. The van der Waals surface area contributed by atoms with Gasteiger partial charge in [-0.1, -0.05) is 0 Å². The van der Waals surface area contributed by atoms with Gasteiger partial charge >= 0.3 is 11.9 Å². The first-order valence-corrected chi connectivity index (χ1v) is 11.3. The SMILES string of the molecule is CSCCC(NC(=O)C(N)CC(=O)O)C(=O)NC(C(=O)NC(CCC(N)=O)C(=O)O)C(C)O.